The van der Waals surface area contributed by atoms with Gasteiger partial charge in [-0.05, 0) is 19.1 Å². The maximum absolute atomic E-state index is 11.3. The summed E-state index contributed by atoms with van der Waals surface area (Å²) >= 11 is 0. The van der Waals surface area contributed by atoms with Crippen molar-refractivity contribution in [2.24, 2.45) is 0 Å². The Kier molecular flexibility index (Phi) is 2.95. The van der Waals surface area contributed by atoms with Crippen LogP contribution in [0.4, 0.5) is 10.6 Å². The van der Waals surface area contributed by atoms with E-state index in [0.29, 0.717) is 12.4 Å². The van der Waals surface area contributed by atoms with E-state index in [1.165, 1.54) is 6.20 Å². The van der Waals surface area contributed by atoms with Crippen LogP contribution in [0, 0.1) is 0 Å². The van der Waals surface area contributed by atoms with E-state index in [9.17, 15) is 4.79 Å². The molecule has 2 N–H and O–H groups in total. The summed E-state index contributed by atoms with van der Waals surface area (Å²) in [6.07, 6.45) is 1.54. The number of fused-ring (bicyclic) bond motifs is 1. The predicted molar refractivity (Wildman–Crippen MR) is 62.2 cm³/mol. The lowest BCUT2D eigenvalue weighted by Crippen LogP contribution is -2.28. The van der Waals surface area contributed by atoms with E-state index in [4.69, 9.17) is 0 Å². The van der Waals surface area contributed by atoms with Crippen molar-refractivity contribution >= 4 is 22.9 Å². The van der Waals surface area contributed by atoms with Crippen LogP contribution in [-0.2, 0) is 0 Å². The van der Waals surface area contributed by atoms with Gasteiger partial charge in [0.25, 0.3) is 0 Å². The van der Waals surface area contributed by atoms with E-state index in [1.54, 1.807) is 0 Å². The fourth-order valence-electron chi connectivity index (χ4n) is 1.34. The lowest BCUT2D eigenvalue weighted by Gasteiger charge is -2.05. The van der Waals surface area contributed by atoms with Gasteiger partial charge in [0.05, 0.1) is 17.2 Å². The molecule has 0 saturated heterocycles. The van der Waals surface area contributed by atoms with Gasteiger partial charge in [-0.3, -0.25) is 10.3 Å². The normalized spacial score (nSPS) is 10.1. The van der Waals surface area contributed by atoms with Gasteiger partial charge >= 0.3 is 6.03 Å². The molecular weight excluding hydrogens is 204 g/mol. The van der Waals surface area contributed by atoms with Crippen molar-refractivity contribution in [3.63, 3.8) is 0 Å². The molecule has 0 aliphatic heterocycles. The van der Waals surface area contributed by atoms with Crippen LogP contribution < -0.4 is 10.6 Å². The SMILES string of the molecule is CCNC(=O)Nc1cnc2ccccc2n1. The highest BCUT2D eigenvalue weighted by Gasteiger charge is 2.02. The third-order valence-corrected chi connectivity index (χ3v) is 2.03. The summed E-state index contributed by atoms with van der Waals surface area (Å²) in [5.74, 6) is 0.449. The first-order chi connectivity index (χ1) is 7.79. The summed E-state index contributed by atoms with van der Waals surface area (Å²) in [7, 11) is 0. The van der Waals surface area contributed by atoms with E-state index in [1.807, 2.05) is 31.2 Å². The molecule has 0 unspecified atom stereocenters. The first-order valence-electron chi connectivity index (χ1n) is 5.06. The Morgan fingerprint density at radius 3 is 2.81 bits per heavy atom. The Morgan fingerprint density at radius 2 is 2.06 bits per heavy atom. The molecular formula is C11H12N4O. The molecule has 0 saturated carbocycles. The molecule has 1 aromatic carbocycles. The third kappa shape index (κ3) is 2.25. The molecule has 2 rings (SSSR count). The quantitative estimate of drug-likeness (QED) is 0.804. The van der Waals surface area contributed by atoms with Gasteiger partial charge in [0.2, 0.25) is 0 Å². The van der Waals surface area contributed by atoms with Crippen molar-refractivity contribution in [2.45, 2.75) is 6.92 Å². The molecule has 5 heteroatoms. The fourth-order valence-corrected chi connectivity index (χ4v) is 1.34. The van der Waals surface area contributed by atoms with E-state index >= 15 is 0 Å². The van der Waals surface area contributed by atoms with Crippen LogP contribution in [0.2, 0.25) is 0 Å². The largest absolute Gasteiger partial charge is 0.338 e. The number of hydrogen-bond donors (Lipinski definition) is 2. The highest BCUT2D eigenvalue weighted by atomic mass is 16.2. The van der Waals surface area contributed by atoms with Gasteiger partial charge in [0.15, 0.2) is 5.82 Å². The van der Waals surface area contributed by atoms with Crippen LogP contribution >= 0.6 is 0 Å². The molecule has 1 aromatic heterocycles. The number of nitrogens with zero attached hydrogens (tertiary/aromatic N) is 2. The van der Waals surface area contributed by atoms with Gasteiger partial charge in [0.1, 0.15) is 0 Å². The lowest BCUT2D eigenvalue weighted by molar-refractivity contribution is 0.252. The summed E-state index contributed by atoms with van der Waals surface area (Å²) in [4.78, 5) is 19.7. The highest BCUT2D eigenvalue weighted by Crippen LogP contribution is 2.10. The maximum atomic E-state index is 11.3. The Morgan fingerprint density at radius 1 is 1.31 bits per heavy atom. The summed E-state index contributed by atoms with van der Waals surface area (Å²) in [6, 6.07) is 7.23. The third-order valence-electron chi connectivity index (χ3n) is 2.03. The molecule has 0 aliphatic carbocycles. The first-order valence-corrected chi connectivity index (χ1v) is 5.06. The molecule has 0 fully saturated rings. The zero-order valence-corrected chi connectivity index (χ0v) is 8.90. The maximum Gasteiger partial charge on any atom is 0.320 e. The topological polar surface area (TPSA) is 66.9 Å². The van der Waals surface area contributed by atoms with Gasteiger partial charge in [0, 0.05) is 6.54 Å². The molecule has 0 atom stereocenters. The molecule has 0 bridgehead atoms. The molecule has 82 valence electrons. The van der Waals surface area contributed by atoms with Crippen LogP contribution in [0.1, 0.15) is 6.92 Å². The van der Waals surface area contributed by atoms with E-state index in [-0.39, 0.29) is 6.03 Å². The van der Waals surface area contributed by atoms with Gasteiger partial charge in [-0.15, -0.1) is 0 Å². The van der Waals surface area contributed by atoms with E-state index < -0.39 is 0 Å². The smallest absolute Gasteiger partial charge is 0.320 e. The Hall–Kier alpha value is -2.17. The van der Waals surface area contributed by atoms with Gasteiger partial charge < -0.3 is 5.32 Å². The Labute approximate surface area is 92.9 Å². The second kappa shape index (κ2) is 4.57. The molecule has 0 spiro atoms. The van der Waals surface area contributed by atoms with Crippen molar-refractivity contribution in [3.8, 4) is 0 Å². The molecule has 0 aliphatic rings. The summed E-state index contributed by atoms with van der Waals surface area (Å²) in [6.45, 7) is 2.43. The van der Waals surface area contributed by atoms with Crippen molar-refractivity contribution in [1.29, 1.82) is 0 Å². The van der Waals surface area contributed by atoms with Crippen LogP contribution in [0.25, 0.3) is 11.0 Å². The standard InChI is InChI=1S/C11H12N4O/c1-2-12-11(16)15-10-7-13-8-5-3-4-6-9(8)14-10/h3-7H,2H2,1H3,(H2,12,14,15,16). The molecule has 0 radical (unpaired) electrons. The number of aromatic nitrogens is 2. The average molecular weight is 216 g/mol. The Balaban J connectivity index is 2.22. The number of hydrogen-bond acceptors (Lipinski definition) is 3. The van der Waals surface area contributed by atoms with Crippen LogP contribution in [-0.4, -0.2) is 22.5 Å². The monoisotopic (exact) mass is 216 g/mol. The number of amides is 2. The van der Waals surface area contributed by atoms with Crippen LogP contribution in [0.5, 0.6) is 0 Å². The average Bonchev–Trinajstić information content (AvgIpc) is 2.29. The van der Waals surface area contributed by atoms with E-state index in [0.717, 1.165) is 11.0 Å². The molecule has 5 nitrogen and oxygen atoms in total. The molecule has 2 amide bonds. The minimum Gasteiger partial charge on any atom is -0.338 e. The second-order valence-corrected chi connectivity index (χ2v) is 3.23. The summed E-state index contributed by atoms with van der Waals surface area (Å²) in [5, 5.41) is 5.24. The zero-order valence-electron chi connectivity index (χ0n) is 8.90. The highest BCUT2D eigenvalue weighted by molar-refractivity contribution is 5.89. The van der Waals surface area contributed by atoms with E-state index in [2.05, 4.69) is 20.6 Å². The number of nitrogens with one attached hydrogen (secondary N) is 2. The molecule has 16 heavy (non-hydrogen) atoms. The van der Waals surface area contributed by atoms with Gasteiger partial charge in [-0.25, -0.2) is 9.78 Å². The second-order valence-electron chi connectivity index (χ2n) is 3.23. The minimum atomic E-state index is -0.271. The molecule has 1 heterocycles. The number of carbonyl (C=O) groups is 1. The predicted octanol–water partition coefficient (Wildman–Crippen LogP) is 1.77. The summed E-state index contributed by atoms with van der Waals surface area (Å²) in [5.41, 5.74) is 1.57. The number of rotatable bonds is 2. The van der Waals surface area contributed by atoms with Gasteiger partial charge in [-0.1, -0.05) is 12.1 Å². The Bertz CT molecular complexity index is 512. The van der Waals surface area contributed by atoms with Crippen LogP contribution in [0.3, 0.4) is 0 Å². The fraction of sp³-hybridized carbons (Fsp3) is 0.182. The number of carbonyl (C=O) groups excluding carboxylic acids is 1. The van der Waals surface area contributed by atoms with Crippen molar-refractivity contribution in [1.82, 2.24) is 15.3 Å². The number of benzene rings is 1. The minimum absolute atomic E-state index is 0.271. The number of urea groups is 1. The summed E-state index contributed by atoms with van der Waals surface area (Å²) < 4.78 is 0. The van der Waals surface area contributed by atoms with Crippen molar-refractivity contribution in [3.05, 3.63) is 30.5 Å². The van der Waals surface area contributed by atoms with Crippen LogP contribution in [0.15, 0.2) is 30.5 Å². The number of para-hydroxylation sites is 2. The molecule has 2 aromatic rings. The number of anilines is 1. The van der Waals surface area contributed by atoms with Crippen molar-refractivity contribution < 1.29 is 4.79 Å². The van der Waals surface area contributed by atoms with Gasteiger partial charge in [-0.2, -0.15) is 0 Å². The zero-order chi connectivity index (χ0) is 11.4. The first kappa shape index (κ1) is 10.4. The van der Waals surface area contributed by atoms with Crippen molar-refractivity contribution in [2.75, 3.05) is 11.9 Å². The lowest BCUT2D eigenvalue weighted by atomic mass is 10.3.